The molecular formula is C24H27N5O2S2. The molecule has 1 N–H and O–H groups in total. The first-order valence-electron chi connectivity index (χ1n) is 11.3. The molecule has 1 aliphatic heterocycles. The number of aryl methyl sites for hydroxylation is 1. The molecule has 0 unspecified atom stereocenters. The molecule has 0 fully saturated rings. The molecule has 33 heavy (non-hydrogen) atoms. The number of carbonyl (C=O) groups excluding carboxylic acids is 2. The van der Waals surface area contributed by atoms with Crippen molar-refractivity contribution in [1.29, 1.82) is 0 Å². The van der Waals surface area contributed by atoms with Gasteiger partial charge < -0.3 is 9.88 Å². The number of rotatable bonds is 5. The summed E-state index contributed by atoms with van der Waals surface area (Å²) in [7, 11) is 1.95. The molecule has 3 aromatic rings. The van der Waals surface area contributed by atoms with Crippen LogP contribution in [0.2, 0.25) is 0 Å². The Morgan fingerprint density at radius 1 is 1.33 bits per heavy atom. The van der Waals surface area contributed by atoms with Gasteiger partial charge >= 0.3 is 0 Å². The number of para-hydroxylation sites is 2. The topological polar surface area (TPSA) is 80.1 Å². The highest BCUT2D eigenvalue weighted by molar-refractivity contribution is 8.00. The Hall–Kier alpha value is -2.65. The molecule has 7 nitrogen and oxygen atoms in total. The first kappa shape index (κ1) is 22.2. The molecule has 0 saturated heterocycles. The SMILES string of the molecule is CC[C@H]1CCc2sc(-c3nnc(S[C@@H](C)C(=O)N4CC(=O)Nc5ccccc54)n3C)cc2C1. The van der Waals surface area contributed by atoms with E-state index in [4.69, 9.17) is 0 Å². The van der Waals surface area contributed by atoms with E-state index in [0.29, 0.717) is 10.8 Å². The van der Waals surface area contributed by atoms with Gasteiger partial charge in [-0.2, -0.15) is 0 Å². The second kappa shape index (κ2) is 8.95. The fourth-order valence-corrected chi connectivity index (χ4v) is 6.65. The standard InChI is InChI=1S/C24H27N5O2S2/c1-4-15-9-10-19-16(11-15)12-20(33-19)22-26-27-24(28(22)3)32-14(2)23(31)29-13-21(30)25-17-7-5-6-8-18(17)29/h5-8,12,14-15H,4,9-11,13H2,1-3H3,(H,25,30)/t14-,15-/m0/s1. The van der Waals surface area contributed by atoms with Crippen LogP contribution in [0.15, 0.2) is 35.5 Å². The average molecular weight is 482 g/mol. The van der Waals surface area contributed by atoms with E-state index in [1.54, 1.807) is 4.90 Å². The zero-order chi connectivity index (χ0) is 23.1. The van der Waals surface area contributed by atoms with Crippen molar-refractivity contribution in [2.24, 2.45) is 13.0 Å². The Labute approximate surface area is 201 Å². The third-order valence-corrected chi connectivity index (χ3v) is 8.84. The summed E-state index contributed by atoms with van der Waals surface area (Å²) in [5, 5.41) is 11.9. The van der Waals surface area contributed by atoms with Crippen LogP contribution < -0.4 is 10.2 Å². The van der Waals surface area contributed by atoms with Gasteiger partial charge in [-0.15, -0.1) is 21.5 Å². The third kappa shape index (κ3) is 4.19. The van der Waals surface area contributed by atoms with Crippen LogP contribution in [0.1, 0.15) is 37.1 Å². The maximum Gasteiger partial charge on any atom is 0.244 e. The number of amides is 2. The molecule has 9 heteroatoms. The predicted molar refractivity (Wildman–Crippen MR) is 133 cm³/mol. The summed E-state index contributed by atoms with van der Waals surface area (Å²) in [5.74, 6) is 1.31. The van der Waals surface area contributed by atoms with E-state index < -0.39 is 5.25 Å². The lowest BCUT2D eigenvalue weighted by molar-refractivity contribution is -0.121. The molecular weight excluding hydrogens is 454 g/mol. The maximum atomic E-state index is 13.3. The number of nitrogens with zero attached hydrogens (tertiary/aromatic N) is 4. The van der Waals surface area contributed by atoms with Gasteiger partial charge in [-0.25, -0.2) is 0 Å². The highest BCUT2D eigenvalue weighted by Crippen LogP contribution is 2.38. The quantitative estimate of drug-likeness (QED) is 0.542. The van der Waals surface area contributed by atoms with Crippen molar-refractivity contribution in [2.45, 2.75) is 49.9 Å². The summed E-state index contributed by atoms with van der Waals surface area (Å²) >= 11 is 3.19. The van der Waals surface area contributed by atoms with Gasteiger partial charge in [0.05, 0.1) is 21.5 Å². The fourth-order valence-electron chi connectivity index (χ4n) is 4.55. The number of fused-ring (bicyclic) bond motifs is 2. The normalized spacial score (nSPS) is 18.5. The number of thiophene rings is 1. The van der Waals surface area contributed by atoms with Gasteiger partial charge in [0.25, 0.3) is 0 Å². The van der Waals surface area contributed by atoms with Gasteiger partial charge in [-0.05, 0) is 55.9 Å². The smallest absolute Gasteiger partial charge is 0.244 e. The van der Waals surface area contributed by atoms with Crippen LogP contribution in [0.3, 0.4) is 0 Å². The number of hydrogen-bond donors (Lipinski definition) is 1. The lowest BCUT2D eigenvalue weighted by atomic mass is 9.87. The van der Waals surface area contributed by atoms with Crippen LogP contribution in [-0.2, 0) is 29.5 Å². The highest BCUT2D eigenvalue weighted by Gasteiger charge is 2.31. The number of anilines is 2. The Morgan fingerprint density at radius 2 is 2.15 bits per heavy atom. The van der Waals surface area contributed by atoms with Crippen LogP contribution in [0.5, 0.6) is 0 Å². The minimum absolute atomic E-state index is 0.0182. The first-order chi connectivity index (χ1) is 15.9. The summed E-state index contributed by atoms with van der Waals surface area (Å²) in [6, 6.07) is 9.65. The molecule has 0 radical (unpaired) electrons. The van der Waals surface area contributed by atoms with E-state index in [0.717, 1.165) is 35.1 Å². The summed E-state index contributed by atoms with van der Waals surface area (Å²) in [6.07, 6.45) is 4.79. The van der Waals surface area contributed by atoms with E-state index in [1.165, 1.54) is 35.0 Å². The monoisotopic (exact) mass is 481 g/mol. The van der Waals surface area contributed by atoms with Crippen molar-refractivity contribution >= 4 is 46.3 Å². The molecule has 2 atom stereocenters. The lowest BCUT2D eigenvalue weighted by Crippen LogP contribution is -2.45. The Morgan fingerprint density at radius 3 is 2.97 bits per heavy atom. The van der Waals surface area contributed by atoms with Crippen LogP contribution >= 0.6 is 23.1 Å². The van der Waals surface area contributed by atoms with E-state index in [-0.39, 0.29) is 18.4 Å². The third-order valence-electron chi connectivity index (χ3n) is 6.48. The zero-order valence-electron chi connectivity index (χ0n) is 19.0. The largest absolute Gasteiger partial charge is 0.323 e. The van der Waals surface area contributed by atoms with Gasteiger partial charge in [0.1, 0.15) is 6.54 Å². The molecule has 5 rings (SSSR count). The van der Waals surface area contributed by atoms with Crippen molar-refractivity contribution in [3.8, 4) is 10.7 Å². The van der Waals surface area contributed by atoms with E-state index >= 15 is 0 Å². The average Bonchev–Trinajstić information content (AvgIpc) is 3.40. The molecule has 0 saturated carbocycles. The van der Waals surface area contributed by atoms with Crippen molar-refractivity contribution in [1.82, 2.24) is 14.8 Å². The molecule has 1 aromatic carbocycles. The fraction of sp³-hybridized carbons (Fsp3) is 0.417. The van der Waals surface area contributed by atoms with Crippen molar-refractivity contribution in [3.63, 3.8) is 0 Å². The summed E-state index contributed by atoms with van der Waals surface area (Å²) in [5.41, 5.74) is 2.84. The van der Waals surface area contributed by atoms with Crippen LogP contribution in [0, 0.1) is 5.92 Å². The Bertz CT molecular complexity index is 1220. The molecule has 1 aliphatic carbocycles. The van der Waals surface area contributed by atoms with Crippen LogP contribution in [0.25, 0.3) is 10.7 Å². The number of nitrogens with one attached hydrogen (secondary N) is 1. The molecule has 0 spiro atoms. The predicted octanol–water partition coefficient (Wildman–Crippen LogP) is 4.52. The molecule has 0 bridgehead atoms. The number of benzene rings is 1. The summed E-state index contributed by atoms with van der Waals surface area (Å²) < 4.78 is 1.97. The van der Waals surface area contributed by atoms with Gasteiger partial charge in [0.15, 0.2) is 11.0 Å². The van der Waals surface area contributed by atoms with E-state index in [9.17, 15) is 9.59 Å². The molecule has 3 heterocycles. The van der Waals surface area contributed by atoms with E-state index in [1.807, 2.05) is 54.1 Å². The van der Waals surface area contributed by atoms with Gasteiger partial charge in [-0.1, -0.05) is 37.2 Å². The Balaban J connectivity index is 1.34. The summed E-state index contributed by atoms with van der Waals surface area (Å²) in [4.78, 5) is 29.5. The number of hydrogen-bond acceptors (Lipinski definition) is 6. The van der Waals surface area contributed by atoms with Gasteiger partial charge in [0, 0.05) is 11.9 Å². The minimum Gasteiger partial charge on any atom is -0.323 e. The van der Waals surface area contributed by atoms with Gasteiger partial charge in [-0.3, -0.25) is 14.5 Å². The van der Waals surface area contributed by atoms with Gasteiger partial charge in [0.2, 0.25) is 11.8 Å². The highest BCUT2D eigenvalue weighted by atomic mass is 32.2. The molecule has 2 aromatic heterocycles. The lowest BCUT2D eigenvalue weighted by Gasteiger charge is -2.30. The number of thioether (sulfide) groups is 1. The number of aromatic nitrogens is 3. The second-order valence-corrected chi connectivity index (χ2v) is 11.1. The summed E-state index contributed by atoms with van der Waals surface area (Å²) in [6.45, 7) is 4.14. The van der Waals surface area contributed by atoms with E-state index in [2.05, 4.69) is 28.5 Å². The van der Waals surface area contributed by atoms with Crippen molar-refractivity contribution in [3.05, 3.63) is 40.8 Å². The van der Waals surface area contributed by atoms with Crippen LogP contribution in [-0.4, -0.2) is 38.4 Å². The zero-order valence-corrected chi connectivity index (χ0v) is 20.6. The maximum absolute atomic E-state index is 13.3. The molecule has 172 valence electrons. The molecule has 2 amide bonds. The van der Waals surface area contributed by atoms with Crippen molar-refractivity contribution < 1.29 is 9.59 Å². The van der Waals surface area contributed by atoms with Crippen LogP contribution in [0.4, 0.5) is 11.4 Å². The second-order valence-electron chi connectivity index (χ2n) is 8.69. The first-order valence-corrected chi connectivity index (χ1v) is 13.0. The number of carbonyl (C=O) groups is 2. The Kier molecular flexibility index (Phi) is 6.01. The minimum atomic E-state index is -0.415. The molecule has 2 aliphatic rings. The van der Waals surface area contributed by atoms with Crippen molar-refractivity contribution in [2.75, 3.05) is 16.8 Å².